The van der Waals surface area contributed by atoms with Crippen molar-refractivity contribution in [2.45, 2.75) is 45.4 Å². The summed E-state index contributed by atoms with van der Waals surface area (Å²) in [5.41, 5.74) is 11.7. The van der Waals surface area contributed by atoms with Crippen LogP contribution in [0.5, 0.6) is 0 Å². The minimum Gasteiger partial charge on any atom is -0.455 e. The van der Waals surface area contributed by atoms with Gasteiger partial charge in [-0.2, -0.15) is 0 Å². The molecule has 1 aliphatic rings. The molecule has 1 amide bonds. The number of rotatable bonds is 6. The lowest BCUT2D eigenvalue weighted by Gasteiger charge is -2.36. The Morgan fingerprint density at radius 3 is 2.51 bits per heavy atom. The Morgan fingerprint density at radius 1 is 1.23 bits per heavy atom. The zero-order chi connectivity index (χ0) is 26.0. The Morgan fingerprint density at radius 2 is 1.91 bits per heavy atom. The molecule has 0 bridgehead atoms. The van der Waals surface area contributed by atoms with Gasteiger partial charge in [-0.15, -0.1) is 5.16 Å². The highest BCUT2D eigenvalue weighted by Crippen LogP contribution is 2.37. The standard InChI is InChI=1S/C23H30F2N6O3Si/c1-23(2,3)35(4,5)34-30-16-12-31(13-16)20-18(24)9-15(11-28-20)17-8-6-7-14(19(17)25)10-29-21(26)33-22(27)32/h6-9,11H,10,12-13H2,1-5H3,(H2,26,29)(H2,27,32). The highest BCUT2D eigenvalue weighted by molar-refractivity contribution is 6.74. The lowest BCUT2D eigenvalue weighted by Crippen LogP contribution is -2.49. The average Bonchev–Trinajstić information content (AvgIpc) is 2.71. The Balaban J connectivity index is 1.71. The zero-order valence-electron chi connectivity index (χ0n) is 20.4. The number of aliphatic imine (C=N–C) groups is 1. The lowest BCUT2D eigenvalue weighted by molar-refractivity contribution is 0.207. The number of carbonyl (C=O) groups excluding carboxylic acids is 1. The van der Waals surface area contributed by atoms with Gasteiger partial charge in [-0.05, 0) is 24.2 Å². The molecule has 0 radical (unpaired) electrons. The number of nitrogens with two attached hydrogens (primary N) is 2. The fourth-order valence-electron chi connectivity index (χ4n) is 2.95. The van der Waals surface area contributed by atoms with Crippen LogP contribution in [0.1, 0.15) is 26.3 Å². The highest BCUT2D eigenvalue weighted by Gasteiger charge is 2.40. The summed E-state index contributed by atoms with van der Waals surface area (Å²) < 4.78 is 40.2. The molecule has 0 saturated carbocycles. The Hall–Kier alpha value is -3.54. The van der Waals surface area contributed by atoms with Crippen molar-refractivity contribution in [2.75, 3.05) is 18.0 Å². The molecular weight excluding hydrogens is 474 g/mol. The van der Waals surface area contributed by atoms with Gasteiger partial charge in [0.1, 0.15) is 5.82 Å². The predicted molar refractivity (Wildman–Crippen MR) is 134 cm³/mol. The van der Waals surface area contributed by atoms with E-state index in [2.05, 4.69) is 53.7 Å². The number of amides is 1. The summed E-state index contributed by atoms with van der Waals surface area (Å²) in [6.45, 7) is 11.2. The van der Waals surface area contributed by atoms with Crippen LogP contribution in [0.4, 0.5) is 19.4 Å². The van der Waals surface area contributed by atoms with E-state index in [0.717, 1.165) is 5.71 Å². The number of oxime groups is 1. The van der Waals surface area contributed by atoms with E-state index >= 15 is 4.39 Å². The van der Waals surface area contributed by atoms with Crippen LogP contribution in [0.25, 0.3) is 11.1 Å². The van der Waals surface area contributed by atoms with Gasteiger partial charge in [-0.3, -0.25) is 0 Å². The summed E-state index contributed by atoms with van der Waals surface area (Å²) >= 11 is 0. The number of benzene rings is 1. The number of amidine groups is 1. The highest BCUT2D eigenvalue weighted by atomic mass is 28.4. The summed E-state index contributed by atoms with van der Waals surface area (Å²) in [5, 5.41) is 4.32. The van der Waals surface area contributed by atoms with E-state index in [-0.39, 0.29) is 34.1 Å². The van der Waals surface area contributed by atoms with Crippen LogP contribution < -0.4 is 16.4 Å². The predicted octanol–water partition coefficient (Wildman–Crippen LogP) is 4.13. The number of ether oxygens (including phenoxy) is 1. The van der Waals surface area contributed by atoms with Crippen LogP contribution in [-0.2, 0) is 15.8 Å². The Bertz CT molecular complexity index is 1170. The van der Waals surface area contributed by atoms with Crippen molar-refractivity contribution in [3.63, 3.8) is 0 Å². The second-order valence-electron chi connectivity index (χ2n) is 9.75. The number of carbonyl (C=O) groups is 1. The molecule has 2 aromatic rings. The van der Waals surface area contributed by atoms with Crippen LogP contribution in [-0.4, -0.2) is 44.2 Å². The maximum absolute atomic E-state index is 15.0. The van der Waals surface area contributed by atoms with E-state index in [4.69, 9.17) is 16.0 Å². The zero-order valence-corrected chi connectivity index (χ0v) is 21.4. The number of halogens is 2. The molecule has 35 heavy (non-hydrogen) atoms. The first kappa shape index (κ1) is 26.1. The van der Waals surface area contributed by atoms with E-state index in [9.17, 15) is 9.18 Å². The van der Waals surface area contributed by atoms with Crippen molar-refractivity contribution in [1.82, 2.24) is 4.98 Å². The monoisotopic (exact) mass is 504 g/mol. The van der Waals surface area contributed by atoms with Gasteiger partial charge in [0.15, 0.2) is 11.6 Å². The molecule has 1 aromatic heterocycles. The molecule has 12 heteroatoms. The SMILES string of the molecule is CC(C)(C)[Si](C)(C)ON=C1CN(c2ncc(-c3cccc(CN=C(N)OC(N)=O)c3F)cc2F)C1. The van der Waals surface area contributed by atoms with Crippen molar-refractivity contribution in [3.8, 4) is 11.1 Å². The van der Waals surface area contributed by atoms with E-state index in [1.807, 2.05) is 0 Å². The number of anilines is 1. The minimum absolute atomic E-state index is 0.0345. The Kier molecular flexibility index (Phi) is 7.43. The van der Waals surface area contributed by atoms with Gasteiger partial charge in [0, 0.05) is 22.9 Å². The van der Waals surface area contributed by atoms with Crippen molar-refractivity contribution in [3.05, 3.63) is 47.7 Å². The second kappa shape index (κ2) is 9.98. The molecule has 9 nitrogen and oxygen atoms in total. The normalized spacial score (nSPS) is 14.4. The number of primary amides is 1. The molecule has 0 unspecified atom stereocenters. The van der Waals surface area contributed by atoms with Gasteiger partial charge in [0.25, 0.3) is 14.3 Å². The second-order valence-corrected chi connectivity index (χ2v) is 14.5. The molecule has 0 spiro atoms. The van der Waals surface area contributed by atoms with Crippen molar-refractivity contribution >= 4 is 32.0 Å². The lowest BCUT2D eigenvalue weighted by atomic mass is 10.0. The molecule has 1 saturated heterocycles. The van der Waals surface area contributed by atoms with Gasteiger partial charge < -0.3 is 25.6 Å². The quantitative estimate of drug-likeness (QED) is 0.263. The van der Waals surface area contributed by atoms with Gasteiger partial charge in [-0.1, -0.05) is 39.0 Å². The number of aromatic nitrogens is 1. The third-order valence-electron chi connectivity index (χ3n) is 6.08. The van der Waals surface area contributed by atoms with Crippen LogP contribution in [0.3, 0.4) is 0 Å². The van der Waals surface area contributed by atoms with E-state index in [1.165, 1.54) is 24.4 Å². The third kappa shape index (κ3) is 6.12. The number of nitrogens with zero attached hydrogens (tertiary/aromatic N) is 4. The van der Waals surface area contributed by atoms with Crippen LogP contribution in [0, 0.1) is 11.6 Å². The molecule has 1 aliphatic heterocycles. The van der Waals surface area contributed by atoms with Crippen molar-refractivity contribution in [1.29, 1.82) is 0 Å². The minimum atomic E-state index is -2.01. The maximum atomic E-state index is 15.0. The van der Waals surface area contributed by atoms with Gasteiger partial charge in [-0.25, -0.2) is 23.6 Å². The Labute approximate surface area is 203 Å². The summed E-state index contributed by atoms with van der Waals surface area (Å²) in [6, 6.07) is 5.35. The molecule has 0 aliphatic carbocycles. The summed E-state index contributed by atoms with van der Waals surface area (Å²) in [6.07, 6.45) is 0.293. The first-order valence-corrected chi connectivity index (χ1v) is 13.9. The van der Waals surface area contributed by atoms with Crippen LogP contribution in [0.2, 0.25) is 18.1 Å². The maximum Gasteiger partial charge on any atom is 0.412 e. The number of hydrogen-bond donors (Lipinski definition) is 2. The topological polar surface area (TPSA) is 128 Å². The molecule has 4 N–H and O–H groups in total. The first-order valence-electron chi connectivity index (χ1n) is 11.0. The molecule has 0 atom stereocenters. The summed E-state index contributed by atoms with van der Waals surface area (Å²) in [5.74, 6) is -1.02. The van der Waals surface area contributed by atoms with Crippen LogP contribution in [0.15, 0.2) is 40.6 Å². The van der Waals surface area contributed by atoms with Gasteiger partial charge in [0.05, 0.1) is 25.3 Å². The van der Waals surface area contributed by atoms with Crippen molar-refractivity contribution < 1.29 is 22.8 Å². The first-order chi connectivity index (χ1) is 16.3. The summed E-state index contributed by atoms with van der Waals surface area (Å²) in [4.78, 5) is 20.4. The van der Waals surface area contributed by atoms with Gasteiger partial charge >= 0.3 is 6.09 Å². The smallest absolute Gasteiger partial charge is 0.412 e. The van der Waals surface area contributed by atoms with E-state index in [0.29, 0.717) is 13.1 Å². The molecular formula is C23H30F2N6O3Si. The van der Waals surface area contributed by atoms with Crippen molar-refractivity contribution in [2.24, 2.45) is 21.6 Å². The van der Waals surface area contributed by atoms with Crippen LogP contribution >= 0.6 is 0 Å². The third-order valence-corrected chi connectivity index (χ3v) is 10.2. The average molecular weight is 505 g/mol. The van der Waals surface area contributed by atoms with E-state index in [1.54, 1.807) is 11.0 Å². The fraction of sp³-hybridized carbons (Fsp3) is 0.391. The fourth-order valence-corrected chi connectivity index (χ4v) is 3.58. The largest absolute Gasteiger partial charge is 0.455 e. The molecule has 1 fully saturated rings. The molecule has 2 heterocycles. The van der Waals surface area contributed by atoms with Gasteiger partial charge in [0.2, 0.25) is 0 Å². The molecule has 1 aromatic carbocycles. The number of pyridine rings is 1. The number of hydrogen-bond acceptors (Lipinski definition) is 7. The molecule has 3 rings (SSSR count). The summed E-state index contributed by atoms with van der Waals surface area (Å²) in [7, 11) is -2.01. The molecule has 188 valence electrons. The van der Waals surface area contributed by atoms with E-state index < -0.39 is 32.1 Å².